The normalized spacial score (nSPS) is 23.0. The van der Waals surface area contributed by atoms with Gasteiger partial charge in [0.15, 0.2) is 11.8 Å². The lowest BCUT2D eigenvalue weighted by molar-refractivity contribution is -0.139. The van der Waals surface area contributed by atoms with Crippen molar-refractivity contribution in [2.45, 2.75) is 76.3 Å². The van der Waals surface area contributed by atoms with Gasteiger partial charge in [0.05, 0.1) is 19.0 Å². The summed E-state index contributed by atoms with van der Waals surface area (Å²) in [4.78, 5) is 32.1. The fourth-order valence-electron chi connectivity index (χ4n) is 4.69. The molecule has 1 N–H and O–H groups in total. The van der Waals surface area contributed by atoms with Crippen LogP contribution in [-0.2, 0) is 9.59 Å². The van der Waals surface area contributed by atoms with Gasteiger partial charge in [0, 0.05) is 6.04 Å². The number of halogens is 2. The predicted octanol–water partition coefficient (Wildman–Crippen LogP) is 6.45. The van der Waals surface area contributed by atoms with Crippen LogP contribution in [0.2, 0.25) is 0 Å². The van der Waals surface area contributed by atoms with Gasteiger partial charge in [0.1, 0.15) is 5.75 Å². The molecular formula is C24H28BrIN2O4S. The van der Waals surface area contributed by atoms with Crippen LogP contribution in [0, 0.1) is 3.57 Å². The Bertz CT molecular complexity index is 948. The summed E-state index contributed by atoms with van der Waals surface area (Å²) >= 11 is 7.11. The molecular weight excluding hydrogens is 619 g/mol. The number of amides is 1. The monoisotopic (exact) mass is 646 g/mol. The minimum Gasteiger partial charge on any atom is -0.480 e. The molecule has 9 heteroatoms. The number of carboxylic acids is 1. The second-order valence-corrected chi connectivity index (χ2v) is 11.8. The molecule has 3 fully saturated rings. The molecule has 178 valence electrons. The number of hydrogen-bond donors (Lipinski definition) is 1. The van der Waals surface area contributed by atoms with Crippen molar-refractivity contribution in [3.63, 3.8) is 0 Å². The third kappa shape index (κ3) is 6.33. The molecule has 0 bridgehead atoms. The summed E-state index contributed by atoms with van der Waals surface area (Å²) in [5.41, 5.74) is 0.868. The average molecular weight is 647 g/mol. The van der Waals surface area contributed by atoms with Gasteiger partial charge in [-0.1, -0.05) is 38.5 Å². The van der Waals surface area contributed by atoms with E-state index in [0.717, 1.165) is 52.8 Å². The molecule has 33 heavy (non-hydrogen) atoms. The first kappa shape index (κ1) is 25.0. The van der Waals surface area contributed by atoms with E-state index in [9.17, 15) is 9.59 Å². The summed E-state index contributed by atoms with van der Waals surface area (Å²) in [6.45, 7) is -0.402. The van der Waals surface area contributed by atoms with Gasteiger partial charge in [-0.25, -0.2) is 4.79 Å². The Morgan fingerprint density at radius 1 is 1.18 bits per heavy atom. The molecule has 0 radical (unpaired) electrons. The zero-order valence-electron chi connectivity index (χ0n) is 18.4. The number of aliphatic imine (C=N–C) groups is 1. The maximum atomic E-state index is 13.5. The summed E-state index contributed by atoms with van der Waals surface area (Å²) < 4.78 is 6.85. The largest absolute Gasteiger partial charge is 0.480 e. The van der Waals surface area contributed by atoms with E-state index in [2.05, 4.69) is 38.5 Å². The van der Waals surface area contributed by atoms with Gasteiger partial charge in [-0.3, -0.25) is 14.7 Å². The van der Waals surface area contributed by atoms with Crippen molar-refractivity contribution >= 4 is 73.4 Å². The molecule has 1 aromatic carbocycles. The molecule has 0 spiro atoms. The van der Waals surface area contributed by atoms with E-state index in [1.165, 1.54) is 37.4 Å². The first-order chi connectivity index (χ1) is 15.9. The minimum absolute atomic E-state index is 0.0544. The van der Waals surface area contributed by atoms with Crippen LogP contribution in [-0.4, -0.2) is 45.7 Å². The number of thioether (sulfide) groups is 1. The molecule has 2 aliphatic carbocycles. The highest BCUT2D eigenvalue weighted by Gasteiger charge is 2.39. The number of aliphatic carboxylic acids is 1. The average Bonchev–Trinajstić information content (AvgIpc) is 3.08. The van der Waals surface area contributed by atoms with Crippen LogP contribution >= 0.6 is 50.3 Å². The number of nitrogens with zero attached hydrogens (tertiary/aromatic N) is 2. The van der Waals surface area contributed by atoms with Crippen LogP contribution in [0.1, 0.15) is 69.8 Å². The molecule has 4 rings (SSSR count). The SMILES string of the molecule is O=C(O)COc1c(Br)cc(C=C2SC(=NC3CCCCC3)N(C3CCCCC3)C2=O)cc1I. The molecule has 1 aliphatic heterocycles. The third-order valence-corrected chi connectivity index (χ3v) is 8.69. The standard InChI is InChI=1S/C24H28BrIN2O4S/c25-18-11-15(12-19(26)22(18)32-14-21(29)30)13-20-23(31)28(17-9-5-2-6-10-17)24(33-20)27-16-7-3-1-4-8-16/h11-13,16-17H,1-10,14H2,(H,29,30). The van der Waals surface area contributed by atoms with Crippen LogP contribution in [0.25, 0.3) is 6.08 Å². The quantitative estimate of drug-likeness (QED) is 0.284. The van der Waals surface area contributed by atoms with Crippen molar-refractivity contribution in [3.8, 4) is 5.75 Å². The van der Waals surface area contributed by atoms with E-state index < -0.39 is 12.6 Å². The van der Waals surface area contributed by atoms with Crippen LogP contribution < -0.4 is 4.74 Å². The molecule has 1 aromatic rings. The number of amidine groups is 1. The van der Waals surface area contributed by atoms with Crippen LogP contribution in [0.5, 0.6) is 5.75 Å². The summed E-state index contributed by atoms with van der Waals surface area (Å²) in [6, 6.07) is 4.33. The number of carbonyl (C=O) groups is 2. The van der Waals surface area contributed by atoms with Gasteiger partial charge < -0.3 is 9.84 Å². The second-order valence-electron chi connectivity index (χ2n) is 8.78. The van der Waals surface area contributed by atoms with E-state index in [4.69, 9.17) is 14.8 Å². The molecule has 1 heterocycles. The first-order valence-corrected chi connectivity index (χ1v) is 14.3. The van der Waals surface area contributed by atoms with Gasteiger partial charge in [0.2, 0.25) is 0 Å². The van der Waals surface area contributed by atoms with E-state index in [-0.39, 0.29) is 11.9 Å². The number of carboxylic acid groups (broad SMARTS) is 1. The zero-order chi connectivity index (χ0) is 23.4. The molecule has 6 nitrogen and oxygen atoms in total. The molecule has 1 amide bonds. The summed E-state index contributed by atoms with van der Waals surface area (Å²) in [7, 11) is 0. The Morgan fingerprint density at radius 2 is 1.85 bits per heavy atom. The van der Waals surface area contributed by atoms with Crippen molar-refractivity contribution in [1.82, 2.24) is 4.90 Å². The van der Waals surface area contributed by atoms with Crippen LogP contribution in [0.15, 0.2) is 26.5 Å². The topological polar surface area (TPSA) is 79.2 Å². The smallest absolute Gasteiger partial charge is 0.341 e. The van der Waals surface area contributed by atoms with Gasteiger partial charge in [-0.05, 0) is 99.7 Å². The Hall–Kier alpha value is -1.07. The molecule has 2 saturated carbocycles. The van der Waals surface area contributed by atoms with Crippen molar-refractivity contribution in [2.24, 2.45) is 4.99 Å². The maximum Gasteiger partial charge on any atom is 0.341 e. The van der Waals surface area contributed by atoms with Crippen LogP contribution in [0.4, 0.5) is 0 Å². The van der Waals surface area contributed by atoms with E-state index in [1.807, 2.05) is 23.1 Å². The highest BCUT2D eigenvalue weighted by Crippen LogP contribution is 2.39. The highest BCUT2D eigenvalue weighted by atomic mass is 127. The molecule has 0 unspecified atom stereocenters. The van der Waals surface area contributed by atoms with Gasteiger partial charge in [-0.15, -0.1) is 0 Å². The molecule has 0 atom stereocenters. The Kier molecular flexibility index (Phi) is 8.78. The predicted molar refractivity (Wildman–Crippen MR) is 144 cm³/mol. The number of benzene rings is 1. The lowest BCUT2D eigenvalue weighted by atomic mass is 9.94. The fraction of sp³-hybridized carbons (Fsp3) is 0.542. The Labute approximate surface area is 220 Å². The lowest BCUT2D eigenvalue weighted by Crippen LogP contribution is -2.41. The lowest BCUT2D eigenvalue weighted by Gasteiger charge is -2.31. The van der Waals surface area contributed by atoms with E-state index in [0.29, 0.717) is 21.2 Å². The minimum atomic E-state index is -1.02. The number of ether oxygens (including phenoxy) is 1. The molecule has 0 aromatic heterocycles. The zero-order valence-corrected chi connectivity index (χ0v) is 23.0. The highest BCUT2D eigenvalue weighted by molar-refractivity contribution is 14.1. The summed E-state index contributed by atoms with van der Waals surface area (Å²) in [6.07, 6.45) is 13.5. The number of hydrogen-bond acceptors (Lipinski definition) is 5. The van der Waals surface area contributed by atoms with Crippen molar-refractivity contribution in [2.75, 3.05) is 6.61 Å². The van der Waals surface area contributed by atoms with E-state index >= 15 is 0 Å². The van der Waals surface area contributed by atoms with Gasteiger partial charge >= 0.3 is 5.97 Å². The fourth-order valence-corrected chi connectivity index (χ4v) is 7.57. The Morgan fingerprint density at radius 3 is 2.48 bits per heavy atom. The van der Waals surface area contributed by atoms with Gasteiger partial charge in [0.25, 0.3) is 5.91 Å². The number of carbonyl (C=O) groups excluding carboxylic acids is 1. The third-order valence-electron chi connectivity index (χ3n) is 6.30. The molecule has 3 aliphatic rings. The Balaban J connectivity index is 1.61. The van der Waals surface area contributed by atoms with Crippen molar-refractivity contribution < 1.29 is 19.4 Å². The van der Waals surface area contributed by atoms with Crippen LogP contribution in [0.3, 0.4) is 0 Å². The first-order valence-electron chi connectivity index (χ1n) is 11.6. The van der Waals surface area contributed by atoms with Crippen molar-refractivity contribution in [1.29, 1.82) is 0 Å². The maximum absolute atomic E-state index is 13.5. The van der Waals surface area contributed by atoms with Crippen molar-refractivity contribution in [3.05, 3.63) is 30.6 Å². The second kappa shape index (κ2) is 11.6. The summed E-state index contributed by atoms with van der Waals surface area (Å²) in [5, 5.41) is 9.77. The van der Waals surface area contributed by atoms with E-state index in [1.54, 1.807) is 0 Å². The molecule has 1 saturated heterocycles. The van der Waals surface area contributed by atoms with Gasteiger partial charge in [-0.2, -0.15) is 0 Å². The number of rotatable bonds is 6. The summed E-state index contributed by atoms with van der Waals surface area (Å²) in [5.74, 6) is -0.475.